The van der Waals surface area contributed by atoms with Crippen LogP contribution >= 0.6 is 0 Å². The first kappa shape index (κ1) is 8.67. The van der Waals surface area contributed by atoms with Gasteiger partial charge in [0, 0.05) is 12.3 Å². The van der Waals surface area contributed by atoms with Crippen LogP contribution in [-0.4, -0.2) is 5.78 Å². The van der Waals surface area contributed by atoms with E-state index in [1.54, 1.807) is 13.3 Å². The molecule has 0 atom stereocenters. The average molecular weight is 127 g/mol. The molecule has 0 N–H and O–H groups in total. The Morgan fingerprint density at radius 2 is 1.89 bits per heavy atom. The van der Waals surface area contributed by atoms with Crippen molar-refractivity contribution in [3.05, 3.63) is 6.42 Å². The lowest BCUT2D eigenvalue weighted by molar-refractivity contribution is -0.119. The van der Waals surface area contributed by atoms with Crippen LogP contribution in [0.2, 0.25) is 0 Å². The van der Waals surface area contributed by atoms with Crippen LogP contribution in [0.15, 0.2) is 0 Å². The van der Waals surface area contributed by atoms with Gasteiger partial charge in [-0.1, -0.05) is 20.8 Å². The van der Waals surface area contributed by atoms with Crippen LogP contribution in [0.5, 0.6) is 0 Å². The van der Waals surface area contributed by atoms with Crippen molar-refractivity contribution in [2.24, 2.45) is 5.92 Å². The molecule has 0 aromatic carbocycles. The van der Waals surface area contributed by atoms with Gasteiger partial charge in [0.2, 0.25) is 0 Å². The Bertz CT molecular complexity index is 82.6. The molecular weight excluding hydrogens is 112 g/mol. The van der Waals surface area contributed by atoms with Gasteiger partial charge in [0.25, 0.3) is 0 Å². The first-order chi connectivity index (χ1) is 4.26. The SMILES string of the molecule is C[CH]C(=O)C(CC)CC. The molecule has 0 unspecified atom stereocenters. The maximum Gasteiger partial charge on any atom is 0.139 e. The highest BCUT2D eigenvalue weighted by atomic mass is 16.1. The van der Waals surface area contributed by atoms with Gasteiger partial charge in [-0.25, -0.2) is 0 Å². The number of carbonyl (C=O) groups is 1. The predicted octanol–water partition coefficient (Wildman–Crippen LogP) is 2.22. The van der Waals surface area contributed by atoms with E-state index in [1.165, 1.54) is 0 Å². The van der Waals surface area contributed by atoms with Gasteiger partial charge < -0.3 is 0 Å². The lowest BCUT2D eigenvalue weighted by Crippen LogP contribution is -2.11. The minimum absolute atomic E-state index is 0.273. The maximum absolute atomic E-state index is 10.9. The lowest BCUT2D eigenvalue weighted by Gasteiger charge is -2.07. The summed E-state index contributed by atoms with van der Waals surface area (Å²) in [6, 6.07) is 0. The molecule has 0 amide bonds. The molecule has 1 radical (unpaired) electrons. The summed E-state index contributed by atoms with van der Waals surface area (Å²) in [6.07, 6.45) is 3.61. The van der Waals surface area contributed by atoms with E-state index in [0.29, 0.717) is 5.78 Å². The van der Waals surface area contributed by atoms with Crippen LogP contribution in [-0.2, 0) is 4.79 Å². The zero-order chi connectivity index (χ0) is 7.28. The summed E-state index contributed by atoms with van der Waals surface area (Å²) in [5.41, 5.74) is 0. The number of hydrogen-bond acceptors (Lipinski definition) is 1. The zero-order valence-electron chi connectivity index (χ0n) is 6.48. The van der Waals surface area contributed by atoms with Gasteiger partial charge in [0.1, 0.15) is 5.78 Å². The van der Waals surface area contributed by atoms with Gasteiger partial charge in [-0.05, 0) is 12.8 Å². The van der Waals surface area contributed by atoms with Crippen LogP contribution in [0.3, 0.4) is 0 Å². The first-order valence-electron chi connectivity index (χ1n) is 3.59. The summed E-state index contributed by atoms with van der Waals surface area (Å²) in [5.74, 6) is 0.565. The minimum atomic E-state index is 0.273. The van der Waals surface area contributed by atoms with Gasteiger partial charge >= 0.3 is 0 Å². The van der Waals surface area contributed by atoms with E-state index >= 15 is 0 Å². The monoisotopic (exact) mass is 127 g/mol. The van der Waals surface area contributed by atoms with E-state index < -0.39 is 0 Å². The van der Waals surface area contributed by atoms with Crippen molar-refractivity contribution >= 4 is 5.78 Å². The summed E-state index contributed by atoms with van der Waals surface area (Å²) in [5, 5.41) is 0. The van der Waals surface area contributed by atoms with Gasteiger partial charge in [-0.15, -0.1) is 0 Å². The molecule has 0 spiro atoms. The summed E-state index contributed by atoms with van der Waals surface area (Å²) in [6.45, 7) is 5.91. The van der Waals surface area contributed by atoms with Gasteiger partial charge in [0.05, 0.1) is 0 Å². The fourth-order valence-electron chi connectivity index (χ4n) is 0.927. The topological polar surface area (TPSA) is 17.1 Å². The molecule has 0 aliphatic carbocycles. The van der Waals surface area contributed by atoms with E-state index in [1.807, 2.05) is 0 Å². The minimum Gasteiger partial charge on any atom is -0.299 e. The molecule has 0 aromatic heterocycles. The molecule has 53 valence electrons. The summed E-state index contributed by atoms with van der Waals surface area (Å²) < 4.78 is 0. The Morgan fingerprint density at radius 3 is 2.00 bits per heavy atom. The number of ketones is 1. The Balaban J connectivity index is 3.64. The molecule has 0 bridgehead atoms. The fourth-order valence-corrected chi connectivity index (χ4v) is 0.927. The highest BCUT2D eigenvalue weighted by molar-refractivity contribution is 5.88. The second-order valence-corrected chi connectivity index (χ2v) is 2.20. The van der Waals surface area contributed by atoms with E-state index in [4.69, 9.17) is 0 Å². The quantitative estimate of drug-likeness (QED) is 0.566. The number of rotatable bonds is 4. The van der Waals surface area contributed by atoms with E-state index in [2.05, 4.69) is 13.8 Å². The summed E-state index contributed by atoms with van der Waals surface area (Å²) in [4.78, 5) is 10.9. The third-order valence-corrected chi connectivity index (χ3v) is 1.67. The fraction of sp³-hybridized carbons (Fsp3) is 0.750. The smallest absolute Gasteiger partial charge is 0.139 e. The van der Waals surface area contributed by atoms with Crippen LogP contribution in [0.25, 0.3) is 0 Å². The van der Waals surface area contributed by atoms with Crippen LogP contribution < -0.4 is 0 Å². The average Bonchev–Trinajstić information content (AvgIpc) is 1.90. The summed E-state index contributed by atoms with van der Waals surface area (Å²) >= 11 is 0. The molecule has 0 saturated heterocycles. The van der Waals surface area contributed by atoms with Crippen molar-refractivity contribution in [3.63, 3.8) is 0 Å². The predicted molar refractivity (Wildman–Crippen MR) is 39.1 cm³/mol. The molecule has 1 heteroatoms. The van der Waals surface area contributed by atoms with E-state index in [-0.39, 0.29) is 5.92 Å². The molecule has 0 saturated carbocycles. The third kappa shape index (κ3) is 2.64. The van der Waals surface area contributed by atoms with Gasteiger partial charge in [0.15, 0.2) is 0 Å². The lowest BCUT2D eigenvalue weighted by atomic mass is 9.97. The third-order valence-electron chi connectivity index (χ3n) is 1.67. The van der Waals surface area contributed by atoms with Crippen LogP contribution in [0, 0.1) is 12.3 Å². The second-order valence-electron chi connectivity index (χ2n) is 2.20. The van der Waals surface area contributed by atoms with Crippen LogP contribution in [0.4, 0.5) is 0 Å². The van der Waals surface area contributed by atoms with E-state index in [9.17, 15) is 4.79 Å². The molecule has 0 aromatic rings. The normalized spacial score (nSPS) is 10.2. The largest absolute Gasteiger partial charge is 0.299 e. The zero-order valence-corrected chi connectivity index (χ0v) is 6.48. The number of Topliss-reactive ketones (excluding diaryl/α,β-unsaturated/α-hetero) is 1. The molecule has 1 nitrogen and oxygen atoms in total. The molecule has 0 aliphatic rings. The van der Waals surface area contributed by atoms with Crippen molar-refractivity contribution in [1.29, 1.82) is 0 Å². The van der Waals surface area contributed by atoms with Crippen molar-refractivity contribution in [3.8, 4) is 0 Å². The molecule has 0 fully saturated rings. The Morgan fingerprint density at radius 1 is 1.44 bits per heavy atom. The number of hydrogen-bond donors (Lipinski definition) is 0. The second kappa shape index (κ2) is 4.54. The van der Waals surface area contributed by atoms with Crippen LogP contribution in [0.1, 0.15) is 33.6 Å². The Hall–Kier alpha value is -0.330. The van der Waals surface area contributed by atoms with Gasteiger partial charge in [-0.3, -0.25) is 4.79 Å². The molecule has 9 heavy (non-hydrogen) atoms. The van der Waals surface area contributed by atoms with Crippen molar-refractivity contribution in [2.45, 2.75) is 33.6 Å². The van der Waals surface area contributed by atoms with Crippen molar-refractivity contribution < 1.29 is 4.79 Å². The standard InChI is InChI=1S/C8H15O/c1-4-7(5-2)8(9)6-3/h6-7H,4-5H2,1-3H3. The van der Waals surface area contributed by atoms with Crippen molar-refractivity contribution in [2.75, 3.05) is 0 Å². The molecular formula is C8H15O. The Labute approximate surface area is 57.5 Å². The molecule has 0 aliphatic heterocycles. The van der Waals surface area contributed by atoms with Crippen molar-refractivity contribution in [1.82, 2.24) is 0 Å². The highest BCUT2D eigenvalue weighted by Crippen LogP contribution is 2.09. The first-order valence-corrected chi connectivity index (χ1v) is 3.59. The summed E-state index contributed by atoms with van der Waals surface area (Å²) in [7, 11) is 0. The van der Waals surface area contributed by atoms with Gasteiger partial charge in [-0.2, -0.15) is 0 Å². The highest BCUT2D eigenvalue weighted by Gasteiger charge is 2.10. The van der Waals surface area contributed by atoms with E-state index in [0.717, 1.165) is 12.8 Å². The number of carbonyl (C=O) groups excluding carboxylic acids is 1. The Kier molecular flexibility index (Phi) is 4.37. The maximum atomic E-state index is 10.9. The molecule has 0 heterocycles. The molecule has 0 rings (SSSR count).